The van der Waals surface area contributed by atoms with Crippen molar-refractivity contribution in [2.75, 3.05) is 0 Å². The number of hydrogen-bond donors (Lipinski definition) is 2. The molecule has 0 spiro atoms. The third-order valence-electron chi connectivity index (χ3n) is 8.70. The Balaban J connectivity index is 1.46. The summed E-state index contributed by atoms with van der Waals surface area (Å²) in [6, 6.07) is 9.16. The van der Waals surface area contributed by atoms with E-state index in [0.29, 0.717) is 23.6 Å². The van der Waals surface area contributed by atoms with Crippen LogP contribution < -0.4 is 5.56 Å². The van der Waals surface area contributed by atoms with Gasteiger partial charge in [-0.1, -0.05) is 44.2 Å². The van der Waals surface area contributed by atoms with Crippen molar-refractivity contribution in [3.8, 4) is 0 Å². The highest BCUT2D eigenvalue weighted by Gasteiger charge is 2.44. The molecule has 1 aliphatic carbocycles. The summed E-state index contributed by atoms with van der Waals surface area (Å²) in [6.07, 6.45) is 12.7. The predicted octanol–water partition coefficient (Wildman–Crippen LogP) is 4.40. The molecule has 194 valence electrons. The summed E-state index contributed by atoms with van der Waals surface area (Å²) in [5, 5.41) is 18.7. The topological polar surface area (TPSA) is 113 Å². The standard InChI is InChI=1S/C28H37N3O5/c32-26(33)15-18(28(35)36)14-24-27(34)31(25-11-7-6-10-23(25)29-24)22-16-20-12-13-21(17-22)30(20)19-8-4-2-1-3-5-9-19/h6-7,10-11,18-22H,1-5,8-9,12-17H2,(H,32,33)(H,35,36)/t18-,20-,21+,22?/m1/s1. The van der Waals surface area contributed by atoms with E-state index in [1.807, 2.05) is 28.8 Å². The van der Waals surface area contributed by atoms with Crippen molar-refractivity contribution in [3.05, 3.63) is 40.3 Å². The number of benzene rings is 1. The van der Waals surface area contributed by atoms with Crippen LogP contribution in [0.2, 0.25) is 0 Å². The Morgan fingerprint density at radius 2 is 1.53 bits per heavy atom. The van der Waals surface area contributed by atoms with Crippen LogP contribution in [0, 0.1) is 5.92 Å². The first-order valence-corrected chi connectivity index (χ1v) is 13.6. The average molecular weight is 496 g/mol. The second kappa shape index (κ2) is 10.7. The lowest BCUT2D eigenvalue weighted by molar-refractivity contribution is -0.148. The number of carboxylic acids is 2. The number of aromatic nitrogens is 2. The van der Waals surface area contributed by atoms with Gasteiger partial charge in [0.2, 0.25) is 0 Å². The van der Waals surface area contributed by atoms with E-state index in [4.69, 9.17) is 5.11 Å². The molecular weight excluding hydrogens is 458 g/mol. The van der Waals surface area contributed by atoms with E-state index in [1.165, 1.54) is 57.8 Å². The smallest absolute Gasteiger partial charge is 0.307 e. The van der Waals surface area contributed by atoms with Gasteiger partial charge in [-0.05, 0) is 50.7 Å². The van der Waals surface area contributed by atoms with Crippen molar-refractivity contribution in [1.82, 2.24) is 14.5 Å². The van der Waals surface area contributed by atoms with Crippen LogP contribution in [0.15, 0.2) is 29.1 Å². The fraction of sp³-hybridized carbons (Fsp3) is 0.643. The van der Waals surface area contributed by atoms with E-state index >= 15 is 0 Å². The first kappa shape index (κ1) is 24.9. The van der Waals surface area contributed by atoms with Crippen molar-refractivity contribution in [3.63, 3.8) is 0 Å². The highest BCUT2D eigenvalue weighted by molar-refractivity contribution is 5.78. The molecule has 1 unspecified atom stereocenters. The number of carbonyl (C=O) groups is 2. The summed E-state index contributed by atoms with van der Waals surface area (Å²) in [6.45, 7) is 0. The fourth-order valence-corrected chi connectivity index (χ4v) is 7.11. The van der Waals surface area contributed by atoms with Crippen LogP contribution in [0.3, 0.4) is 0 Å². The number of rotatable bonds is 7. The fourth-order valence-electron chi connectivity index (χ4n) is 7.11. The summed E-state index contributed by atoms with van der Waals surface area (Å²) < 4.78 is 1.86. The van der Waals surface area contributed by atoms with Crippen LogP contribution in [0.25, 0.3) is 11.0 Å². The van der Waals surface area contributed by atoms with Gasteiger partial charge in [0.25, 0.3) is 5.56 Å². The molecule has 0 amide bonds. The lowest BCUT2D eigenvalue weighted by Gasteiger charge is -2.45. The highest BCUT2D eigenvalue weighted by Crippen LogP contribution is 2.44. The maximum atomic E-state index is 13.8. The summed E-state index contributed by atoms with van der Waals surface area (Å²) in [7, 11) is 0. The molecule has 36 heavy (non-hydrogen) atoms. The maximum absolute atomic E-state index is 13.8. The van der Waals surface area contributed by atoms with Crippen LogP contribution in [0.5, 0.6) is 0 Å². The molecule has 0 radical (unpaired) electrons. The van der Waals surface area contributed by atoms with Crippen molar-refractivity contribution in [1.29, 1.82) is 0 Å². The summed E-state index contributed by atoms with van der Waals surface area (Å²) in [5.41, 5.74) is 1.31. The molecule has 1 aromatic heterocycles. The molecule has 2 bridgehead atoms. The second-order valence-corrected chi connectivity index (χ2v) is 11.0. The highest BCUT2D eigenvalue weighted by atomic mass is 16.4. The largest absolute Gasteiger partial charge is 0.481 e. The van der Waals surface area contributed by atoms with Gasteiger partial charge in [-0.25, -0.2) is 4.98 Å². The molecule has 8 nitrogen and oxygen atoms in total. The molecule has 8 heteroatoms. The maximum Gasteiger partial charge on any atom is 0.307 e. The lowest BCUT2D eigenvalue weighted by atomic mass is 9.89. The van der Waals surface area contributed by atoms with Gasteiger partial charge < -0.3 is 14.8 Å². The number of piperidine rings is 1. The first-order valence-electron chi connectivity index (χ1n) is 13.6. The number of nitrogens with zero attached hydrogens (tertiary/aromatic N) is 3. The van der Waals surface area contributed by atoms with Crippen LogP contribution >= 0.6 is 0 Å². The number of fused-ring (bicyclic) bond motifs is 3. The van der Waals surface area contributed by atoms with Crippen molar-refractivity contribution < 1.29 is 19.8 Å². The van der Waals surface area contributed by atoms with Gasteiger partial charge in [-0.3, -0.25) is 19.3 Å². The zero-order valence-corrected chi connectivity index (χ0v) is 20.8. The van der Waals surface area contributed by atoms with Crippen LogP contribution in [-0.4, -0.2) is 54.7 Å². The zero-order valence-electron chi connectivity index (χ0n) is 20.8. The Labute approximate surface area is 211 Å². The molecule has 3 aliphatic rings. The number of para-hydroxylation sites is 2. The predicted molar refractivity (Wildman–Crippen MR) is 136 cm³/mol. The number of carboxylic acid groups (broad SMARTS) is 2. The Morgan fingerprint density at radius 1 is 0.889 bits per heavy atom. The average Bonchev–Trinajstić information content (AvgIpc) is 3.07. The SMILES string of the molecule is O=C(O)C[C@@H](Cc1nc2ccccc2n(C2C[C@H]3CC[C@@H](C2)N3C2CCCCCCC2)c1=O)C(=O)O. The second-order valence-electron chi connectivity index (χ2n) is 11.0. The third kappa shape index (κ3) is 5.05. The minimum atomic E-state index is -1.22. The molecule has 2 N–H and O–H groups in total. The molecule has 3 fully saturated rings. The lowest BCUT2D eigenvalue weighted by Crippen LogP contribution is -2.50. The van der Waals surface area contributed by atoms with Gasteiger partial charge >= 0.3 is 11.9 Å². The summed E-state index contributed by atoms with van der Waals surface area (Å²) in [5.74, 6) is -3.60. The van der Waals surface area contributed by atoms with Gasteiger partial charge in [-0.2, -0.15) is 0 Å². The molecule has 5 rings (SSSR count). The summed E-state index contributed by atoms with van der Waals surface area (Å²) in [4.78, 5) is 44.0. The van der Waals surface area contributed by atoms with Crippen LogP contribution in [0.4, 0.5) is 0 Å². The van der Waals surface area contributed by atoms with Crippen LogP contribution in [-0.2, 0) is 16.0 Å². The van der Waals surface area contributed by atoms with Gasteiger partial charge in [0.05, 0.1) is 23.4 Å². The van der Waals surface area contributed by atoms with E-state index < -0.39 is 24.3 Å². The van der Waals surface area contributed by atoms with E-state index in [1.54, 1.807) is 0 Å². The third-order valence-corrected chi connectivity index (χ3v) is 8.70. The molecule has 4 atom stereocenters. The molecule has 2 saturated heterocycles. The molecular formula is C28H37N3O5. The van der Waals surface area contributed by atoms with E-state index in [2.05, 4.69) is 9.88 Å². The monoisotopic (exact) mass is 495 g/mol. The molecule has 2 aromatic rings. The number of hydrogen-bond acceptors (Lipinski definition) is 5. The normalized spacial score (nSPS) is 26.4. The Kier molecular flexibility index (Phi) is 7.42. The quantitative estimate of drug-likeness (QED) is 0.585. The zero-order chi connectivity index (χ0) is 25.2. The summed E-state index contributed by atoms with van der Waals surface area (Å²) >= 11 is 0. The van der Waals surface area contributed by atoms with Crippen molar-refractivity contribution in [2.45, 2.75) is 108 Å². The Hall–Kier alpha value is -2.74. The van der Waals surface area contributed by atoms with E-state index in [-0.39, 0.29) is 23.7 Å². The van der Waals surface area contributed by atoms with E-state index in [0.717, 1.165) is 18.4 Å². The molecule has 2 aliphatic heterocycles. The van der Waals surface area contributed by atoms with Gasteiger partial charge in [-0.15, -0.1) is 0 Å². The van der Waals surface area contributed by atoms with Crippen molar-refractivity contribution >= 4 is 23.0 Å². The molecule has 1 aromatic carbocycles. The minimum Gasteiger partial charge on any atom is -0.481 e. The van der Waals surface area contributed by atoms with Crippen LogP contribution in [0.1, 0.15) is 88.8 Å². The number of aliphatic carboxylic acids is 2. The Bertz CT molecular complexity index is 1160. The van der Waals surface area contributed by atoms with E-state index in [9.17, 15) is 19.5 Å². The van der Waals surface area contributed by atoms with Gasteiger partial charge in [0.15, 0.2) is 0 Å². The van der Waals surface area contributed by atoms with Gasteiger partial charge in [0, 0.05) is 30.6 Å². The Morgan fingerprint density at radius 3 is 2.17 bits per heavy atom. The molecule has 1 saturated carbocycles. The first-order chi connectivity index (χ1) is 17.4. The minimum absolute atomic E-state index is 0.0363. The molecule has 3 heterocycles. The van der Waals surface area contributed by atoms with Crippen molar-refractivity contribution in [2.24, 2.45) is 5.92 Å². The van der Waals surface area contributed by atoms with Gasteiger partial charge in [0.1, 0.15) is 5.69 Å².